The zero-order chi connectivity index (χ0) is 19.6. The molecule has 3 rings (SSSR count). The van der Waals surface area contributed by atoms with Crippen molar-refractivity contribution in [1.82, 2.24) is 10.2 Å². The number of hydrogen-bond donors (Lipinski definition) is 2. The van der Waals surface area contributed by atoms with E-state index in [2.05, 4.69) is 5.32 Å². The lowest BCUT2D eigenvalue weighted by atomic mass is 9.85. The number of rotatable bonds is 3. The fraction of sp³-hybridized carbons (Fsp3) is 0.526. The third-order valence-corrected chi connectivity index (χ3v) is 7.04. The van der Waals surface area contributed by atoms with Gasteiger partial charge in [0.1, 0.15) is 17.0 Å². The Morgan fingerprint density at radius 2 is 1.69 bits per heavy atom. The lowest BCUT2D eigenvalue weighted by Crippen LogP contribution is -2.78. The number of hydrogen-bond acceptors (Lipinski definition) is 4. The van der Waals surface area contributed by atoms with E-state index in [1.165, 1.54) is 16.7 Å². The highest BCUT2D eigenvalue weighted by Crippen LogP contribution is 2.54. The predicted octanol–water partition coefficient (Wildman–Crippen LogP) is 2.25. The van der Waals surface area contributed by atoms with Gasteiger partial charge in [-0.2, -0.15) is 0 Å². The molecule has 1 aromatic carbocycles. The molecular weight excluding hydrogens is 352 g/mol. The summed E-state index contributed by atoms with van der Waals surface area (Å²) >= 11 is 1.42. The highest BCUT2D eigenvalue weighted by atomic mass is 32.2. The van der Waals surface area contributed by atoms with Crippen LogP contribution in [0.25, 0.3) is 0 Å². The van der Waals surface area contributed by atoms with Crippen LogP contribution >= 0.6 is 11.8 Å². The maximum absolute atomic E-state index is 12.9. The molecule has 3 atom stereocenters. The number of aryl methyl sites for hydroxylation is 3. The van der Waals surface area contributed by atoms with Crippen LogP contribution in [0.1, 0.15) is 47.8 Å². The molecule has 0 radical (unpaired) electrons. The largest absolute Gasteiger partial charge is 0.480 e. The van der Waals surface area contributed by atoms with Crippen LogP contribution in [0.2, 0.25) is 0 Å². The molecule has 2 heterocycles. The Hall–Kier alpha value is -2.02. The number of fused-ring (bicyclic) bond motifs is 1. The molecule has 1 unspecified atom stereocenters. The fourth-order valence-electron chi connectivity index (χ4n) is 4.17. The van der Waals surface area contributed by atoms with Crippen LogP contribution in [-0.4, -0.2) is 49.5 Å². The third-order valence-electron chi connectivity index (χ3n) is 5.29. The van der Waals surface area contributed by atoms with Crippen molar-refractivity contribution in [2.45, 2.75) is 63.2 Å². The smallest absolute Gasteiger partial charge is 0.327 e. The molecule has 1 aromatic rings. The Morgan fingerprint density at radius 1 is 1.15 bits per heavy atom. The molecule has 0 aromatic heterocycles. The van der Waals surface area contributed by atoms with E-state index in [4.69, 9.17) is 0 Å². The van der Waals surface area contributed by atoms with Crippen molar-refractivity contribution in [2.75, 3.05) is 0 Å². The zero-order valence-corrected chi connectivity index (χ0v) is 16.7. The standard InChI is InChI=1S/C19H24N2O4S/c1-9-7-10(2)12(11(3)8-9)14(22)20-19(6)16(25)21-13(15(23)24)18(4,5)26-17(19)21/h7-8,13,17H,1-6H3,(H,20,22)(H,23,24)/t13-,17+,19?/m0/s1. The first-order chi connectivity index (χ1) is 11.9. The number of amides is 2. The lowest BCUT2D eigenvalue weighted by Gasteiger charge is -2.51. The van der Waals surface area contributed by atoms with Gasteiger partial charge in [-0.3, -0.25) is 9.59 Å². The molecule has 0 bridgehead atoms. The van der Waals surface area contributed by atoms with Crippen LogP contribution < -0.4 is 5.32 Å². The van der Waals surface area contributed by atoms with Crippen molar-refractivity contribution in [2.24, 2.45) is 0 Å². The van der Waals surface area contributed by atoms with Gasteiger partial charge < -0.3 is 15.3 Å². The summed E-state index contributed by atoms with van der Waals surface area (Å²) < 4.78 is -0.621. The molecule has 2 aliphatic heterocycles. The second-order valence-electron chi connectivity index (χ2n) is 7.96. The number of nitrogens with one attached hydrogen (secondary N) is 1. The van der Waals surface area contributed by atoms with E-state index < -0.39 is 22.3 Å². The Bertz CT molecular complexity index is 812. The van der Waals surface area contributed by atoms with E-state index in [0.717, 1.165) is 16.7 Å². The molecule has 2 fully saturated rings. The van der Waals surface area contributed by atoms with Gasteiger partial charge in [-0.05, 0) is 52.7 Å². The monoisotopic (exact) mass is 376 g/mol. The molecule has 0 aliphatic carbocycles. The quantitative estimate of drug-likeness (QED) is 0.790. The summed E-state index contributed by atoms with van der Waals surface area (Å²) in [6.07, 6.45) is 0. The van der Waals surface area contributed by atoms with Crippen LogP contribution in [0.4, 0.5) is 0 Å². The van der Waals surface area contributed by atoms with Crippen LogP contribution in [-0.2, 0) is 9.59 Å². The minimum absolute atomic E-state index is 0.298. The van der Waals surface area contributed by atoms with Crippen molar-refractivity contribution >= 4 is 29.5 Å². The van der Waals surface area contributed by atoms with Crippen LogP contribution in [0, 0.1) is 20.8 Å². The fourth-order valence-corrected chi connectivity index (χ4v) is 5.82. The second-order valence-corrected chi connectivity index (χ2v) is 9.69. The number of carboxylic acids is 1. The number of carbonyl (C=O) groups is 3. The molecule has 7 heteroatoms. The van der Waals surface area contributed by atoms with Gasteiger partial charge in [0, 0.05) is 10.3 Å². The number of nitrogens with zero attached hydrogens (tertiary/aromatic N) is 1. The third kappa shape index (κ3) is 2.52. The highest BCUT2D eigenvalue weighted by Gasteiger charge is 2.70. The van der Waals surface area contributed by atoms with E-state index in [-0.39, 0.29) is 17.2 Å². The molecule has 2 saturated heterocycles. The summed E-state index contributed by atoms with van der Waals surface area (Å²) in [4.78, 5) is 38.7. The van der Waals surface area contributed by atoms with Gasteiger partial charge >= 0.3 is 5.97 Å². The van der Waals surface area contributed by atoms with Crippen molar-refractivity contribution in [3.63, 3.8) is 0 Å². The molecule has 0 spiro atoms. The van der Waals surface area contributed by atoms with Crippen LogP contribution in [0.3, 0.4) is 0 Å². The summed E-state index contributed by atoms with van der Waals surface area (Å²) in [6, 6.07) is 2.98. The second kappa shape index (κ2) is 5.74. The molecule has 26 heavy (non-hydrogen) atoms. The SMILES string of the molecule is Cc1cc(C)c(C(=O)NC2(C)C(=O)N3[C@@H](C(=O)O)C(C)(C)S[C@@H]32)c(C)c1. The summed E-state index contributed by atoms with van der Waals surface area (Å²) in [5, 5.41) is 12.0. The van der Waals surface area contributed by atoms with Gasteiger partial charge in [0.25, 0.3) is 11.8 Å². The zero-order valence-electron chi connectivity index (χ0n) is 15.8. The Balaban J connectivity index is 1.89. The minimum atomic E-state index is -1.10. The van der Waals surface area contributed by atoms with Gasteiger partial charge in [0.2, 0.25) is 0 Å². The summed E-state index contributed by atoms with van der Waals surface area (Å²) in [5.74, 6) is -1.66. The first kappa shape index (κ1) is 18.8. The van der Waals surface area contributed by atoms with Crippen molar-refractivity contribution in [3.8, 4) is 0 Å². The van der Waals surface area contributed by atoms with E-state index in [0.29, 0.717) is 5.56 Å². The van der Waals surface area contributed by atoms with E-state index in [9.17, 15) is 19.5 Å². The molecule has 140 valence electrons. The molecular formula is C19H24N2O4S. The number of β-lactam (4-membered cyclic amide) rings is 1. The normalized spacial score (nSPS) is 29.2. The van der Waals surface area contributed by atoms with Crippen molar-refractivity contribution in [1.29, 1.82) is 0 Å². The van der Waals surface area contributed by atoms with Gasteiger partial charge in [0.05, 0.1) is 0 Å². The minimum Gasteiger partial charge on any atom is -0.480 e. The van der Waals surface area contributed by atoms with E-state index in [1.54, 1.807) is 6.92 Å². The van der Waals surface area contributed by atoms with E-state index >= 15 is 0 Å². The molecule has 2 N–H and O–H groups in total. The van der Waals surface area contributed by atoms with Crippen molar-refractivity contribution in [3.05, 3.63) is 34.4 Å². The topological polar surface area (TPSA) is 86.7 Å². The summed E-state index contributed by atoms with van der Waals surface area (Å²) in [6.45, 7) is 11.0. The summed E-state index contributed by atoms with van der Waals surface area (Å²) in [5.41, 5.74) is 2.25. The Labute approximate surface area is 157 Å². The maximum Gasteiger partial charge on any atom is 0.327 e. The van der Waals surface area contributed by atoms with Gasteiger partial charge in [-0.15, -0.1) is 11.8 Å². The van der Waals surface area contributed by atoms with Gasteiger partial charge in [-0.1, -0.05) is 17.7 Å². The van der Waals surface area contributed by atoms with Crippen LogP contribution in [0.15, 0.2) is 12.1 Å². The highest BCUT2D eigenvalue weighted by molar-refractivity contribution is 8.01. The Morgan fingerprint density at radius 3 is 2.19 bits per heavy atom. The maximum atomic E-state index is 12.9. The van der Waals surface area contributed by atoms with Gasteiger partial charge in [-0.25, -0.2) is 4.79 Å². The lowest BCUT2D eigenvalue weighted by molar-refractivity contribution is -0.165. The molecule has 2 amide bonds. The van der Waals surface area contributed by atoms with Crippen LogP contribution in [0.5, 0.6) is 0 Å². The Kier molecular flexibility index (Phi) is 4.14. The van der Waals surface area contributed by atoms with E-state index in [1.807, 2.05) is 46.8 Å². The van der Waals surface area contributed by atoms with Crippen molar-refractivity contribution < 1.29 is 19.5 Å². The molecule has 6 nitrogen and oxygen atoms in total. The number of benzene rings is 1. The van der Waals surface area contributed by atoms with Gasteiger partial charge in [0.15, 0.2) is 0 Å². The molecule has 2 aliphatic rings. The predicted molar refractivity (Wildman–Crippen MR) is 100 cm³/mol. The summed E-state index contributed by atoms with van der Waals surface area (Å²) in [7, 11) is 0. The number of carbonyl (C=O) groups excluding carboxylic acids is 2. The average Bonchev–Trinajstić information content (AvgIpc) is 2.75. The first-order valence-corrected chi connectivity index (χ1v) is 9.42. The number of carboxylic acid groups (broad SMARTS) is 1. The molecule has 0 saturated carbocycles. The first-order valence-electron chi connectivity index (χ1n) is 8.54. The number of aliphatic carboxylic acids is 1. The average molecular weight is 376 g/mol. The number of thioether (sulfide) groups is 1.